The highest BCUT2D eigenvalue weighted by Gasteiger charge is 2.11. The van der Waals surface area contributed by atoms with E-state index in [0.29, 0.717) is 36.3 Å². The van der Waals surface area contributed by atoms with Crippen LogP contribution >= 0.6 is 0 Å². The molecule has 0 fully saturated rings. The molecule has 0 spiro atoms. The molecule has 0 aliphatic rings. The van der Waals surface area contributed by atoms with E-state index >= 15 is 0 Å². The fourth-order valence-electron chi connectivity index (χ4n) is 3.72. The normalized spacial score (nSPS) is 11.1. The Kier molecular flexibility index (Phi) is 6.97. The molecule has 0 aliphatic heterocycles. The maximum atomic E-state index is 12.4. The van der Waals surface area contributed by atoms with Crippen LogP contribution in [0.2, 0.25) is 0 Å². The largest absolute Gasteiger partial charge is 0.369 e. The van der Waals surface area contributed by atoms with Crippen LogP contribution in [0.3, 0.4) is 0 Å². The Hall–Kier alpha value is -3.75. The van der Waals surface area contributed by atoms with Gasteiger partial charge in [-0.3, -0.25) is 9.48 Å². The first-order valence-electron chi connectivity index (χ1n) is 11.3. The van der Waals surface area contributed by atoms with Crippen LogP contribution in [-0.2, 0) is 18.3 Å². The molecular weight excluding hydrogens is 418 g/mol. The van der Waals surface area contributed by atoms with Gasteiger partial charge >= 0.3 is 0 Å². The highest BCUT2D eigenvalue weighted by atomic mass is 16.5. The zero-order chi connectivity index (χ0) is 23.2. The predicted molar refractivity (Wildman–Crippen MR) is 128 cm³/mol. The lowest BCUT2D eigenvalue weighted by Crippen LogP contribution is -2.17. The molecule has 2 N–H and O–H groups in total. The van der Waals surface area contributed by atoms with E-state index in [1.807, 2.05) is 42.1 Å². The first kappa shape index (κ1) is 22.4. The van der Waals surface area contributed by atoms with Crippen molar-refractivity contribution in [1.82, 2.24) is 24.9 Å². The lowest BCUT2D eigenvalue weighted by atomic mass is 10.1. The van der Waals surface area contributed by atoms with Gasteiger partial charge < -0.3 is 15.2 Å². The van der Waals surface area contributed by atoms with Crippen LogP contribution < -0.4 is 10.6 Å². The van der Waals surface area contributed by atoms with E-state index in [1.165, 1.54) is 12.8 Å². The molecular formula is C24H29N7O2. The number of anilines is 2. The number of aromatic nitrogens is 5. The minimum atomic E-state index is -0.0936. The average Bonchev–Trinajstić information content (AvgIpc) is 3.39. The fraction of sp³-hybridized carbons (Fsp3) is 0.375. The molecule has 0 atom stereocenters. The zero-order valence-electron chi connectivity index (χ0n) is 19.3. The van der Waals surface area contributed by atoms with Gasteiger partial charge in [0.1, 0.15) is 5.82 Å². The number of unbranched alkanes of at least 4 members (excludes halogenated alkanes) is 2. The summed E-state index contributed by atoms with van der Waals surface area (Å²) in [6.07, 6.45) is 6.50. The first-order valence-corrected chi connectivity index (χ1v) is 11.3. The molecule has 0 aliphatic carbocycles. The number of nitrogens with zero attached hydrogens (tertiary/aromatic N) is 5. The Bertz CT molecular complexity index is 1240. The van der Waals surface area contributed by atoms with Gasteiger partial charge in [0.25, 0.3) is 0 Å². The first-order chi connectivity index (χ1) is 16.0. The maximum absolute atomic E-state index is 12.4. The second-order valence-electron chi connectivity index (χ2n) is 8.06. The summed E-state index contributed by atoms with van der Waals surface area (Å²) in [6, 6.07) is 9.82. The van der Waals surface area contributed by atoms with Gasteiger partial charge in [0.2, 0.25) is 17.6 Å². The molecule has 0 unspecified atom stereocenters. The standard InChI is InChI=1S/C24H29N7O2/c1-4-5-6-7-19-15-21(29-31(19)3)28-22(32)11-13-26-24-20-14-18(23-27-16(2)33-30-23)9-8-17(20)10-12-25-24/h8-10,12,14-15H,4-7,11,13H2,1-3H3,(H,25,26)(H,28,29,32). The molecule has 0 radical (unpaired) electrons. The van der Waals surface area contributed by atoms with Crippen molar-refractivity contribution < 1.29 is 9.32 Å². The second kappa shape index (κ2) is 10.2. The minimum absolute atomic E-state index is 0.0936. The molecule has 0 saturated heterocycles. The number of carbonyl (C=O) groups excluding carboxylic acids is 1. The van der Waals surface area contributed by atoms with Crippen LogP contribution in [0.15, 0.2) is 41.1 Å². The average molecular weight is 448 g/mol. The molecule has 33 heavy (non-hydrogen) atoms. The number of rotatable bonds is 10. The quantitative estimate of drug-likeness (QED) is 0.344. The van der Waals surface area contributed by atoms with Gasteiger partial charge in [-0.25, -0.2) is 4.98 Å². The number of fused-ring (bicyclic) bond motifs is 1. The molecule has 3 aromatic heterocycles. The lowest BCUT2D eigenvalue weighted by Gasteiger charge is -2.09. The second-order valence-corrected chi connectivity index (χ2v) is 8.06. The van der Waals surface area contributed by atoms with Crippen molar-refractivity contribution in [3.63, 3.8) is 0 Å². The summed E-state index contributed by atoms with van der Waals surface area (Å²) in [6.45, 7) is 4.39. The molecule has 3 heterocycles. The molecule has 1 amide bonds. The Morgan fingerprint density at radius 2 is 2.06 bits per heavy atom. The Balaban J connectivity index is 1.37. The van der Waals surface area contributed by atoms with Crippen molar-refractivity contribution in [2.45, 2.75) is 46.0 Å². The van der Waals surface area contributed by atoms with E-state index in [4.69, 9.17) is 4.52 Å². The van der Waals surface area contributed by atoms with Gasteiger partial charge in [0.15, 0.2) is 5.82 Å². The van der Waals surface area contributed by atoms with Crippen molar-refractivity contribution in [2.75, 3.05) is 17.2 Å². The summed E-state index contributed by atoms with van der Waals surface area (Å²) in [5.41, 5.74) is 1.97. The Morgan fingerprint density at radius 1 is 1.18 bits per heavy atom. The van der Waals surface area contributed by atoms with Crippen LogP contribution in [-0.4, -0.2) is 37.4 Å². The van der Waals surface area contributed by atoms with E-state index in [9.17, 15) is 4.79 Å². The summed E-state index contributed by atoms with van der Waals surface area (Å²) in [4.78, 5) is 21.2. The Labute approximate surface area is 192 Å². The zero-order valence-corrected chi connectivity index (χ0v) is 19.3. The third-order valence-electron chi connectivity index (χ3n) is 5.48. The molecule has 9 nitrogen and oxygen atoms in total. The number of nitrogens with one attached hydrogen (secondary N) is 2. The van der Waals surface area contributed by atoms with Gasteiger partial charge in [-0.15, -0.1) is 0 Å². The molecule has 1 aromatic carbocycles. The number of carbonyl (C=O) groups is 1. The third kappa shape index (κ3) is 5.54. The van der Waals surface area contributed by atoms with Gasteiger partial charge in [-0.05, 0) is 30.4 Å². The number of pyridine rings is 1. The van der Waals surface area contributed by atoms with Crippen molar-refractivity contribution >= 4 is 28.3 Å². The van der Waals surface area contributed by atoms with Crippen LogP contribution in [0.25, 0.3) is 22.2 Å². The van der Waals surface area contributed by atoms with E-state index in [1.54, 1.807) is 13.1 Å². The fourth-order valence-corrected chi connectivity index (χ4v) is 3.72. The summed E-state index contributed by atoms with van der Waals surface area (Å²) in [5, 5.41) is 16.5. The highest BCUT2D eigenvalue weighted by Crippen LogP contribution is 2.26. The highest BCUT2D eigenvalue weighted by molar-refractivity contribution is 5.95. The summed E-state index contributed by atoms with van der Waals surface area (Å²) in [7, 11) is 1.91. The van der Waals surface area contributed by atoms with Crippen molar-refractivity contribution in [3.8, 4) is 11.4 Å². The smallest absolute Gasteiger partial charge is 0.227 e. The molecule has 172 valence electrons. The maximum Gasteiger partial charge on any atom is 0.227 e. The number of hydrogen-bond acceptors (Lipinski definition) is 7. The van der Waals surface area contributed by atoms with Crippen LogP contribution in [0.1, 0.15) is 44.2 Å². The van der Waals surface area contributed by atoms with E-state index in [2.05, 4.69) is 37.8 Å². The van der Waals surface area contributed by atoms with Crippen LogP contribution in [0.5, 0.6) is 0 Å². The van der Waals surface area contributed by atoms with Gasteiger partial charge in [0.05, 0.1) is 0 Å². The van der Waals surface area contributed by atoms with Gasteiger partial charge in [-0.2, -0.15) is 10.1 Å². The van der Waals surface area contributed by atoms with Gasteiger partial charge in [-0.1, -0.05) is 37.1 Å². The topological polar surface area (TPSA) is 111 Å². The molecule has 0 saturated carbocycles. The summed E-state index contributed by atoms with van der Waals surface area (Å²) >= 11 is 0. The SMILES string of the molecule is CCCCCc1cc(NC(=O)CCNc2nccc3ccc(-c4noc(C)n4)cc23)nn1C. The van der Waals surface area contributed by atoms with E-state index in [-0.39, 0.29) is 5.91 Å². The summed E-state index contributed by atoms with van der Waals surface area (Å²) < 4.78 is 6.93. The number of benzene rings is 1. The van der Waals surface area contributed by atoms with Gasteiger partial charge in [0, 0.05) is 55.8 Å². The van der Waals surface area contributed by atoms with Crippen molar-refractivity contribution in [1.29, 1.82) is 0 Å². The lowest BCUT2D eigenvalue weighted by molar-refractivity contribution is -0.116. The summed E-state index contributed by atoms with van der Waals surface area (Å²) in [5.74, 6) is 2.26. The van der Waals surface area contributed by atoms with E-state index in [0.717, 1.165) is 34.9 Å². The monoisotopic (exact) mass is 447 g/mol. The van der Waals surface area contributed by atoms with Crippen LogP contribution in [0, 0.1) is 6.92 Å². The third-order valence-corrected chi connectivity index (χ3v) is 5.48. The molecule has 9 heteroatoms. The number of amides is 1. The molecule has 4 aromatic rings. The predicted octanol–water partition coefficient (Wildman–Crippen LogP) is 4.50. The van der Waals surface area contributed by atoms with Crippen molar-refractivity contribution in [3.05, 3.63) is 48.1 Å². The number of hydrogen-bond donors (Lipinski definition) is 2. The Morgan fingerprint density at radius 3 is 2.85 bits per heavy atom. The van der Waals surface area contributed by atoms with Crippen molar-refractivity contribution in [2.24, 2.45) is 7.05 Å². The molecule has 0 bridgehead atoms. The number of aryl methyl sites for hydroxylation is 3. The molecule has 4 rings (SSSR count). The van der Waals surface area contributed by atoms with Crippen LogP contribution in [0.4, 0.5) is 11.6 Å². The van der Waals surface area contributed by atoms with E-state index < -0.39 is 0 Å². The minimum Gasteiger partial charge on any atom is -0.369 e.